The summed E-state index contributed by atoms with van der Waals surface area (Å²) in [7, 11) is 0.0320. The minimum atomic E-state index is -4.27. The molecule has 4 rings (SSSR count). The molecule has 1 heterocycles. The Morgan fingerprint density at radius 1 is 0.917 bits per heavy atom. The summed E-state index contributed by atoms with van der Waals surface area (Å²) in [4.78, 5) is 37.9. The van der Waals surface area contributed by atoms with E-state index in [9.17, 15) is 22.8 Å². The van der Waals surface area contributed by atoms with E-state index in [4.69, 9.17) is 4.74 Å². The maximum absolute atomic E-state index is 13.4. The number of aryl methyl sites for hydroxylation is 1. The first-order valence-electron chi connectivity index (χ1n) is 10.8. The fourth-order valence-corrected chi connectivity index (χ4v) is 5.01. The summed E-state index contributed by atoms with van der Waals surface area (Å²) < 4.78 is 36.5. The molecule has 10 nitrogen and oxygen atoms in total. The van der Waals surface area contributed by atoms with Crippen LogP contribution in [0.3, 0.4) is 0 Å². The molecule has 1 amide bonds. The molecule has 4 aromatic rings. The highest BCUT2D eigenvalue weighted by Crippen LogP contribution is 2.23. The molecule has 3 aromatic carbocycles. The summed E-state index contributed by atoms with van der Waals surface area (Å²) in [6.45, 7) is 0. The molecule has 0 radical (unpaired) electrons. The predicted octanol–water partition coefficient (Wildman–Crippen LogP) is 1.90. The van der Waals surface area contributed by atoms with E-state index in [-0.39, 0.29) is 15.8 Å². The molecule has 36 heavy (non-hydrogen) atoms. The maximum atomic E-state index is 13.4. The Morgan fingerprint density at radius 2 is 1.64 bits per heavy atom. The molecule has 0 saturated heterocycles. The van der Waals surface area contributed by atoms with E-state index in [0.29, 0.717) is 17.0 Å². The lowest BCUT2D eigenvalue weighted by Gasteiger charge is -2.19. The number of carbonyl (C=O) groups excluding carboxylic acids is 1. The highest BCUT2D eigenvalue weighted by molar-refractivity contribution is 7.89. The molecule has 0 bridgehead atoms. The predicted molar refractivity (Wildman–Crippen MR) is 136 cm³/mol. The Balaban J connectivity index is 1.73. The summed E-state index contributed by atoms with van der Waals surface area (Å²) in [5.41, 5.74) is -0.0206. The Kier molecular flexibility index (Phi) is 6.77. The number of anilines is 1. The van der Waals surface area contributed by atoms with E-state index in [1.54, 1.807) is 54.6 Å². The van der Waals surface area contributed by atoms with E-state index < -0.39 is 33.2 Å². The number of nitrogens with zero attached hydrogens (tertiary/aromatic N) is 2. The highest BCUT2D eigenvalue weighted by Gasteiger charge is 2.28. The van der Waals surface area contributed by atoms with Gasteiger partial charge in [-0.2, -0.15) is 4.72 Å². The molecule has 0 spiro atoms. The lowest BCUT2D eigenvalue weighted by molar-refractivity contribution is -0.117. The third-order valence-electron chi connectivity index (χ3n) is 5.75. The molecule has 11 heteroatoms. The Morgan fingerprint density at radius 3 is 2.33 bits per heavy atom. The first kappa shape index (κ1) is 24.9. The zero-order valence-corrected chi connectivity index (χ0v) is 20.6. The minimum Gasteiger partial charge on any atom is -0.497 e. The number of ether oxygens (including phenoxy) is 1. The maximum Gasteiger partial charge on any atom is 0.330 e. The topological polar surface area (TPSA) is 128 Å². The standard InChI is InChI=1S/C25H24N4O6S/c1-28-21-13-12-19(15-20(21)24(31)29(2)25(28)32)36(33,34)27-22(16-8-5-4-6-9-16)23(30)26-17-10-7-11-18(14-17)35-3/h4-15,22,27H,1-3H3,(H,26,30). The SMILES string of the molecule is COc1cccc(NC(=O)C(NS(=O)(=O)c2ccc3c(c2)c(=O)n(C)c(=O)n3C)c2ccccc2)c1. The van der Waals surface area contributed by atoms with E-state index in [1.807, 2.05) is 0 Å². The van der Waals surface area contributed by atoms with Crippen LogP contribution in [0.5, 0.6) is 5.75 Å². The molecule has 0 saturated carbocycles. The molecule has 186 valence electrons. The number of carbonyl (C=O) groups is 1. The van der Waals surface area contributed by atoms with Crippen LogP contribution < -0.4 is 26.0 Å². The number of methoxy groups -OCH3 is 1. The quantitative estimate of drug-likeness (QED) is 0.392. The lowest BCUT2D eigenvalue weighted by atomic mass is 10.1. The second-order valence-corrected chi connectivity index (χ2v) is 9.78. The molecular weight excluding hydrogens is 484 g/mol. The van der Waals surface area contributed by atoms with Gasteiger partial charge in [0.25, 0.3) is 5.56 Å². The molecule has 2 N–H and O–H groups in total. The number of nitrogens with one attached hydrogen (secondary N) is 2. The smallest absolute Gasteiger partial charge is 0.330 e. The molecule has 1 atom stereocenters. The van der Waals surface area contributed by atoms with Crippen LogP contribution in [-0.2, 0) is 28.9 Å². The molecule has 0 aliphatic heterocycles. The Hall–Kier alpha value is -4.22. The fourth-order valence-electron chi connectivity index (χ4n) is 3.80. The summed E-state index contributed by atoms with van der Waals surface area (Å²) in [5.74, 6) is -0.0890. The van der Waals surface area contributed by atoms with Gasteiger partial charge in [-0.15, -0.1) is 0 Å². The van der Waals surface area contributed by atoms with Crippen molar-refractivity contribution in [3.8, 4) is 5.75 Å². The first-order chi connectivity index (χ1) is 17.1. The van der Waals surface area contributed by atoms with Gasteiger partial charge >= 0.3 is 5.69 Å². The van der Waals surface area contributed by atoms with E-state index in [2.05, 4.69) is 10.0 Å². The van der Waals surface area contributed by atoms with Crippen LogP contribution in [0, 0.1) is 0 Å². The fraction of sp³-hybridized carbons (Fsp3) is 0.160. The van der Waals surface area contributed by atoms with Crippen LogP contribution in [0.1, 0.15) is 11.6 Å². The summed E-state index contributed by atoms with van der Waals surface area (Å²) in [6, 6.07) is 17.6. The number of hydrogen-bond acceptors (Lipinski definition) is 6. The number of fused-ring (bicyclic) bond motifs is 1. The van der Waals surface area contributed by atoms with Gasteiger partial charge in [-0.3, -0.25) is 18.7 Å². The third kappa shape index (κ3) is 4.79. The van der Waals surface area contributed by atoms with Crippen LogP contribution >= 0.6 is 0 Å². The van der Waals surface area contributed by atoms with E-state index in [1.165, 1.54) is 44.0 Å². The van der Waals surface area contributed by atoms with Crippen LogP contribution in [0.25, 0.3) is 10.9 Å². The number of sulfonamides is 1. The Labute approximate surface area is 206 Å². The number of benzene rings is 3. The largest absolute Gasteiger partial charge is 0.497 e. The van der Waals surface area contributed by atoms with Crippen molar-refractivity contribution >= 4 is 32.5 Å². The summed E-state index contributed by atoms with van der Waals surface area (Å²) >= 11 is 0. The molecule has 0 aliphatic rings. The van der Waals surface area contributed by atoms with Gasteiger partial charge in [-0.25, -0.2) is 13.2 Å². The molecule has 0 fully saturated rings. The van der Waals surface area contributed by atoms with Crippen LogP contribution in [0.15, 0.2) is 87.3 Å². The van der Waals surface area contributed by atoms with Crippen LogP contribution in [-0.4, -0.2) is 30.6 Å². The van der Waals surface area contributed by atoms with Crippen LogP contribution in [0.4, 0.5) is 5.69 Å². The van der Waals surface area contributed by atoms with Crippen molar-refractivity contribution < 1.29 is 17.9 Å². The number of amides is 1. The van der Waals surface area contributed by atoms with Gasteiger partial charge in [0.2, 0.25) is 15.9 Å². The van der Waals surface area contributed by atoms with Gasteiger partial charge in [-0.1, -0.05) is 36.4 Å². The van der Waals surface area contributed by atoms with Crippen molar-refractivity contribution in [2.45, 2.75) is 10.9 Å². The number of rotatable bonds is 7. The van der Waals surface area contributed by atoms with Gasteiger partial charge in [0.15, 0.2) is 0 Å². The van der Waals surface area contributed by atoms with Gasteiger partial charge in [0.05, 0.1) is 22.9 Å². The van der Waals surface area contributed by atoms with Gasteiger partial charge in [0.1, 0.15) is 11.8 Å². The lowest BCUT2D eigenvalue weighted by Crippen LogP contribution is -2.38. The van der Waals surface area contributed by atoms with Crippen molar-refractivity contribution in [3.63, 3.8) is 0 Å². The molecular formula is C25H24N4O6S. The summed E-state index contributed by atoms with van der Waals surface area (Å²) in [6.07, 6.45) is 0. The van der Waals surface area contributed by atoms with Crippen molar-refractivity contribution in [1.29, 1.82) is 0 Å². The zero-order valence-electron chi connectivity index (χ0n) is 19.8. The zero-order chi connectivity index (χ0) is 26.0. The van der Waals surface area contributed by atoms with E-state index in [0.717, 1.165) is 4.57 Å². The van der Waals surface area contributed by atoms with Crippen molar-refractivity contribution in [2.24, 2.45) is 14.1 Å². The first-order valence-corrected chi connectivity index (χ1v) is 12.3. The van der Waals surface area contributed by atoms with Crippen molar-refractivity contribution in [3.05, 3.63) is 99.2 Å². The van der Waals surface area contributed by atoms with Crippen molar-refractivity contribution in [2.75, 3.05) is 12.4 Å². The van der Waals surface area contributed by atoms with Gasteiger partial charge in [-0.05, 0) is 35.9 Å². The second kappa shape index (κ2) is 9.80. The number of aromatic nitrogens is 2. The molecule has 1 unspecified atom stereocenters. The summed E-state index contributed by atoms with van der Waals surface area (Å²) in [5, 5.41) is 2.77. The second-order valence-electron chi connectivity index (χ2n) is 8.07. The van der Waals surface area contributed by atoms with Crippen LogP contribution in [0.2, 0.25) is 0 Å². The average molecular weight is 509 g/mol. The number of hydrogen-bond donors (Lipinski definition) is 2. The average Bonchev–Trinajstić information content (AvgIpc) is 2.89. The van der Waals surface area contributed by atoms with Gasteiger partial charge in [0, 0.05) is 25.8 Å². The Bertz CT molecular complexity index is 1680. The van der Waals surface area contributed by atoms with Gasteiger partial charge < -0.3 is 10.1 Å². The minimum absolute atomic E-state index is 0.0552. The molecule has 0 aliphatic carbocycles. The van der Waals surface area contributed by atoms with Crippen molar-refractivity contribution in [1.82, 2.24) is 13.9 Å². The third-order valence-corrected chi connectivity index (χ3v) is 7.17. The normalized spacial score (nSPS) is 12.3. The van der Waals surface area contributed by atoms with E-state index >= 15 is 0 Å². The molecule has 1 aromatic heterocycles. The monoisotopic (exact) mass is 508 g/mol. The highest BCUT2D eigenvalue weighted by atomic mass is 32.2.